The van der Waals surface area contributed by atoms with Crippen LogP contribution in [0.15, 0.2) is 24.7 Å². The van der Waals surface area contributed by atoms with Crippen molar-refractivity contribution in [1.29, 1.82) is 0 Å². The summed E-state index contributed by atoms with van der Waals surface area (Å²) in [5.74, 6) is 0. The van der Waals surface area contributed by atoms with Crippen molar-refractivity contribution >= 4 is 6.16 Å². The van der Waals surface area contributed by atoms with Crippen LogP contribution < -0.4 is 0 Å². The van der Waals surface area contributed by atoms with Crippen molar-refractivity contribution < 1.29 is 19.0 Å². The summed E-state index contributed by atoms with van der Waals surface area (Å²) in [7, 11) is 0. The summed E-state index contributed by atoms with van der Waals surface area (Å²) >= 11 is 0. The Kier molecular flexibility index (Phi) is 10.6. The molecule has 0 unspecified atom stereocenters. The normalized spacial score (nSPS) is 10.9. The fraction of sp³-hybridized carbons (Fsp3) is 0.583. The molecule has 0 amide bonds. The van der Waals surface area contributed by atoms with E-state index >= 15 is 0 Å². The molecule has 4 nitrogen and oxygen atoms in total. The first-order valence-electron chi connectivity index (χ1n) is 5.56. The molecule has 0 rings (SSSR count). The van der Waals surface area contributed by atoms with Gasteiger partial charge in [-0.2, -0.15) is 0 Å². The van der Waals surface area contributed by atoms with Crippen molar-refractivity contribution in [2.75, 3.05) is 6.79 Å². The predicted molar refractivity (Wildman–Crippen MR) is 61.6 cm³/mol. The first-order valence-corrected chi connectivity index (χ1v) is 5.56. The molecular formula is C12H20O4. The Labute approximate surface area is 96.9 Å². The maximum Gasteiger partial charge on any atom is 0.516 e. The van der Waals surface area contributed by atoms with Crippen molar-refractivity contribution in [3.05, 3.63) is 24.7 Å². The fourth-order valence-corrected chi connectivity index (χ4v) is 0.797. The third-order valence-corrected chi connectivity index (χ3v) is 1.61. The Morgan fingerprint density at radius 3 is 2.31 bits per heavy atom. The summed E-state index contributed by atoms with van der Waals surface area (Å²) in [4.78, 5) is 10.9. The van der Waals surface area contributed by atoms with E-state index in [0.29, 0.717) is 0 Å². The number of allylic oxidation sites excluding steroid dienone is 2. The summed E-state index contributed by atoms with van der Waals surface area (Å²) in [6, 6.07) is 0. The molecule has 0 radical (unpaired) electrons. The molecule has 4 heteroatoms. The third kappa shape index (κ3) is 10.6. The van der Waals surface area contributed by atoms with Gasteiger partial charge in [-0.25, -0.2) is 4.79 Å². The second-order valence-corrected chi connectivity index (χ2v) is 3.12. The average Bonchev–Trinajstić information content (AvgIpc) is 2.29. The zero-order valence-corrected chi connectivity index (χ0v) is 9.98. The summed E-state index contributed by atoms with van der Waals surface area (Å²) in [5, 5.41) is 0. The lowest BCUT2D eigenvalue weighted by Gasteiger charge is -2.01. The zero-order chi connectivity index (χ0) is 12.1. The van der Waals surface area contributed by atoms with E-state index in [9.17, 15) is 4.79 Å². The van der Waals surface area contributed by atoms with Crippen LogP contribution in [-0.2, 0) is 14.2 Å². The number of hydrogen-bond donors (Lipinski definition) is 0. The molecule has 0 saturated carbocycles. The molecule has 0 aromatic carbocycles. The van der Waals surface area contributed by atoms with E-state index in [-0.39, 0.29) is 6.79 Å². The minimum Gasteiger partial charge on any atom is -0.465 e. The number of unbranched alkanes of at least 4 members (excludes halogenated alkanes) is 2. The molecule has 0 N–H and O–H groups in total. The zero-order valence-electron chi connectivity index (χ0n) is 9.98. The Bertz CT molecular complexity index is 221. The molecule has 16 heavy (non-hydrogen) atoms. The number of carbonyl (C=O) groups excluding carboxylic acids is 1. The van der Waals surface area contributed by atoms with Crippen molar-refractivity contribution in [1.82, 2.24) is 0 Å². The molecule has 0 aliphatic rings. The van der Waals surface area contributed by atoms with Gasteiger partial charge in [0.2, 0.25) is 6.79 Å². The van der Waals surface area contributed by atoms with Crippen molar-refractivity contribution in [3.8, 4) is 0 Å². The molecule has 0 aromatic heterocycles. The second-order valence-electron chi connectivity index (χ2n) is 3.12. The largest absolute Gasteiger partial charge is 0.516 e. The molecule has 0 bridgehead atoms. The predicted octanol–water partition coefficient (Wildman–Crippen LogP) is 3.74. The lowest BCUT2D eigenvalue weighted by Crippen LogP contribution is -2.05. The quantitative estimate of drug-likeness (QED) is 0.275. The lowest BCUT2D eigenvalue weighted by molar-refractivity contribution is 0.00190. The van der Waals surface area contributed by atoms with E-state index in [4.69, 9.17) is 4.74 Å². The average molecular weight is 228 g/mol. The molecule has 0 heterocycles. The first kappa shape index (κ1) is 14.6. The molecule has 0 spiro atoms. The third-order valence-electron chi connectivity index (χ3n) is 1.61. The van der Waals surface area contributed by atoms with E-state index in [1.807, 2.05) is 13.0 Å². The summed E-state index contributed by atoms with van der Waals surface area (Å²) in [6.45, 7) is 3.99. The Morgan fingerprint density at radius 2 is 1.69 bits per heavy atom. The van der Waals surface area contributed by atoms with Gasteiger partial charge in [0, 0.05) is 0 Å². The van der Waals surface area contributed by atoms with E-state index in [2.05, 4.69) is 16.4 Å². The molecule has 0 atom stereocenters. The monoisotopic (exact) mass is 228 g/mol. The number of rotatable bonds is 8. The van der Waals surface area contributed by atoms with Gasteiger partial charge in [-0.1, -0.05) is 26.7 Å². The van der Waals surface area contributed by atoms with Crippen LogP contribution in [0.2, 0.25) is 0 Å². The molecule has 92 valence electrons. The molecule has 0 fully saturated rings. The van der Waals surface area contributed by atoms with Crippen LogP contribution in [0.3, 0.4) is 0 Å². The minimum atomic E-state index is -0.753. The van der Waals surface area contributed by atoms with Gasteiger partial charge < -0.3 is 14.2 Å². The summed E-state index contributed by atoms with van der Waals surface area (Å²) < 4.78 is 14.1. The highest BCUT2D eigenvalue weighted by molar-refractivity contribution is 5.60. The van der Waals surface area contributed by atoms with Crippen molar-refractivity contribution in [2.45, 2.75) is 39.5 Å². The highest BCUT2D eigenvalue weighted by Gasteiger charge is 1.99. The fourth-order valence-electron chi connectivity index (χ4n) is 0.797. The van der Waals surface area contributed by atoms with Crippen molar-refractivity contribution in [2.24, 2.45) is 0 Å². The summed E-state index contributed by atoms with van der Waals surface area (Å²) in [5.41, 5.74) is 0. The van der Waals surface area contributed by atoms with Crippen LogP contribution >= 0.6 is 0 Å². The maximum absolute atomic E-state index is 10.9. The van der Waals surface area contributed by atoms with Gasteiger partial charge in [0.25, 0.3) is 0 Å². The van der Waals surface area contributed by atoms with Crippen LogP contribution in [0.25, 0.3) is 0 Å². The van der Waals surface area contributed by atoms with Crippen LogP contribution in [-0.4, -0.2) is 12.9 Å². The first-order chi connectivity index (χ1) is 7.81. The molecule has 0 aliphatic heterocycles. The van der Waals surface area contributed by atoms with Gasteiger partial charge in [0.15, 0.2) is 0 Å². The number of carbonyl (C=O) groups is 1. The molecule has 0 aromatic rings. The Morgan fingerprint density at radius 1 is 1.06 bits per heavy atom. The smallest absolute Gasteiger partial charge is 0.465 e. The highest BCUT2D eigenvalue weighted by atomic mass is 16.8. The van der Waals surface area contributed by atoms with E-state index in [1.165, 1.54) is 12.5 Å². The topological polar surface area (TPSA) is 44.8 Å². The number of ether oxygens (including phenoxy) is 3. The van der Waals surface area contributed by atoms with Gasteiger partial charge in [-0.15, -0.1) is 0 Å². The maximum atomic E-state index is 10.9. The minimum absolute atomic E-state index is 0.124. The highest BCUT2D eigenvalue weighted by Crippen LogP contribution is 1.93. The SMILES string of the molecule is CCCC=COCOC(=O)OC=CCCC. The van der Waals surface area contributed by atoms with Crippen LogP contribution in [0, 0.1) is 0 Å². The van der Waals surface area contributed by atoms with Crippen molar-refractivity contribution in [3.63, 3.8) is 0 Å². The Balaban J connectivity index is 3.36. The van der Waals surface area contributed by atoms with E-state index in [0.717, 1.165) is 25.7 Å². The van der Waals surface area contributed by atoms with Gasteiger partial charge in [0.05, 0.1) is 12.5 Å². The molecule has 0 saturated heterocycles. The van der Waals surface area contributed by atoms with E-state index in [1.54, 1.807) is 6.08 Å². The van der Waals surface area contributed by atoms with Crippen LogP contribution in [0.1, 0.15) is 39.5 Å². The molecule has 0 aliphatic carbocycles. The van der Waals surface area contributed by atoms with Gasteiger partial charge >= 0.3 is 6.16 Å². The molecular weight excluding hydrogens is 208 g/mol. The summed E-state index contributed by atoms with van der Waals surface area (Å²) in [6.07, 6.45) is 9.64. The Hall–Kier alpha value is -1.45. The lowest BCUT2D eigenvalue weighted by atomic mass is 10.3. The van der Waals surface area contributed by atoms with Gasteiger partial charge in [-0.05, 0) is 25.0 Å². The standard InChI is InChI=1S/C12H20O4/c1-3-5-7-9-14-11-16-12(13)15-10-8-6-4-2/h7-10H,3-6,11H2,1-2H3. The van der Waals surface area contributed by atoms with Crippen LogP contribution in [0.5, 0.6) is 0 Å². The van der Waals surface area contributed by atoms with Gasteiger partial charge in [-0.3, -0.25) is 0 Å². The number of hydrogen-bond acceptors (Lipinski definition) is 4. The van der Waals surface area contributed by atoms with Crippen LogP contribution in [0.4, 0.5) is 4.79 Å². The second kappa shape index (κ2) is 11.6. The van der Waals surface area contributed by atoms with Gasteiger partial charge in [0.1, 0.15) is 0 Å². The van der Waals surface area contributed by atoms with E-state index < -0.39 is 6.16 Å².